The monoisotopic (exact) mass is 334 g/mol. The summed E-state index contributed by atoms with van der Waals surface area (Å²) in [6, 6.07) is 12.5. The van der Waals surface area contributed by atoms with Crippen LogP contribution in [0, 0.1) is 20.8 Å². The van der Waals surface area contributed by atoms with Crippen LogP contribution < -0.4 is 5.32 Å². The molecule has 0 aliphatic rings. The van der Waals surface area contributed by atoms with E-state index in [1.54, 1.807) is 0 Å². The molecule has 1 heterocycles. The summed E-state index contributed by atoms with van der Waals surface area (Å²) in [5, 5.41) is 4.24. The molecule has 0 unspecified atom stereocenters. The van der Waals surface area contributed by atoms with Crippen molar-refractivity contribution in [1.29, 1.82) is 0 Å². The van der Waals surface area contributed by atoms with Crippen molar-refractivity contribution in [3.05, 3.63) is 64.3 Å². The van der Waals surface area contributed by atoms with Gasteiger partial charge in [0, 0.05) is 23.1 Å². The molecule has 1 N–H and O–H groups in total. The highest BCUT2D eigenvalue weighted by atomic mass is 16.2. The van der Waals surface area contributed by atoms with Crippen LogP contribution in [0.15, 0.2) is 36.4 Å². The summed E-state index contributed by atoms with van der Waals surface area (Å²) in [6.07, 6.45) is 0.997. The van der Waals surface area contributed by atoms with Gasteiger partial charge in [0.25, 0.3) is 5.91 Å². The van der Waals surface area contributed by atoms with Crippen molar-refractivity contribution in [2.45, 2.75) is 47.6 Å². The van der Waals surface area contributed by atoms with Crippen molar-refractivity contribution in [3.8, 4) is 0 Å². The topological polar surface area (TPSA) is 34.0 Å². The minimum atomic E-state index is -0.0446. The first-order valence-corrected chi connectivity index (χ1v) is 8.96. The molecule has 0 aliphatic heterocycles. The number of rotatable bonds is 4. The van der Waals surface area contributed by atoms with Crippen LogP contribution in [0.1, 0.15) is 46.6 Å². The van der Waals surface area contributed by atoms with Gasteiger partial charge in [-0.3, -0.25) is 4.79 Å². The fourth-order valence-electron chi connectivity index (χ4n) is 3.42. The summed E-state index contributed by atoms with van der Waals surface area (Å²) in [6.45, 7) is 11.2. The van der Waals surface area contributed by atoms with E-state index in [1.165, 1.54) is 22.1 Å². The van der Waals surface area contributed by atoms with Gasteiger partial charge < -0.3 is 9.88 Å². The van der Waals surface area contributed by atoms with Crippen molar-refractivity contribution >= 4 is 22.5 Å². The Kier molecular flexibility index (Phi) is 4.67. The molecule has 3 heteroatoms. The van der Waals surface area contributed by atoms with E-state index >= 15 is 0 Å². The summed E-state index contributed by atoms with van der Waals surface area (Å²) in [5.41, 5.74) is 7.47. The van der Waals surface area contributed by atoms with Crippen molar-refractivity contribution < 1.29 is 4.79 Å². The minimum Gasteiger partial charge on any atom is -0.337 e. The number of amides is 1. The maximum absolute atomic E-state index is 13.0. The quantitative estimate of drug-likeness (QED) is 0.681. The second-order valence-corrected chi connectivity index (χ2v) is 6.68. The van der Waals surface area contributed by atoms with Crippen LogP contribution in [0.4, 0.5) is 5.69 Å². The minimum absolute atomic E-state index is 0.0446. The lowest BCUT2D eigenvalue weighted by atomic mass is 10.1. The molecule has 1 amide bonds. The molecular weight excluding hydrogens is 308 g/mol. The van der Waals surface area contributed by atoms with Gasteiger partial charge in [-0.05, 0) is 80.6 Å². The third kappa shape index (κ3) is 3.07. The number of carbonyl (C=O) groups excluding carboxylic acids is 1. The lowest BCUT2D eigenvalue weighted by Crippen LogP contribution is -2.18. The molecule has 3 rings (SSSR count). The molecule has 2 aromatic carbocycles. The molecule has 0 fully saturated rings. The lowest BCUT2D eigenvalue weighted by molar-refractivity contribution is 0.101. The number of nitrogens with one attached hydrogen (secondary N) is 1. The molecule has 3 nitrogen and oxygen atoms in total. The fraction of sp³-hybridized carbons (Fsp3) is 0.318. The summed E-state index contributed by atoms with van der Waals surface area (Å²) in [5.74, 6) is -0.0446. The average Bonchev–Trinajstić information content (AvgIpc) is 2.89. The Morgan fingerprint density at radius 2 is 1.76 bits per heavy atom. The Balaban J connectivity index is 2.05. The number of aromatic nitrogens is 1. The van der Waals surface area contributed by atoms with Crippen LogP contribution >= 0.6 is 0 Å². The average molecular weight is 334 g/mol. The maximum atomic E-state index is 13.0. The number of fused-ring (bicyclic) bond motifs is 1. The molecular formula is C22H26N2O. The summed E-state index contributed by atoms with van der Waals surface area (Å²) >= 11 is 0. The largest absolute Gasteiger partial charge is 0.337 e. The van der Waals surface area contributed by atoms with Crippen LogP contribution in [0.25, 0.3) is 10.9 Å². The molecule has 130 valence electrons. The number of benzene rings is 2. The van der Waals surface area contributed by atoms with E-state index < -0.39 is 0 Å². The van der Waals surface area contributed by atoms with Gasteiger partial charge in [0.15, 0.2) is 0 Å². The van der Waals surface area contributed by atoms with Crippen molar-refractivity contribution in [3.63, 3.8) is 0 Å². The molecule has 0 atom stereocenters. The van der Waals surface area contributed by atoms with E-state index in [2.05, 4.69) is 55.8 Å². The molecule has 3 aromatic rings. The van der Waals surface area contributed by atoms with Gasteiger partial charge in [-0.25, -0.2) is 0 Å². The van der Waals surface area contributed by atoms with E-state index in [-0.39, 0.29) is 5.91 Å². The summed E-state index contributed by atoms with van der Waals surface area (Å²) in [4.78, 5) is 13.0. The summed E-state index contributed by atoms with van der Waals surface area (Å²) < 4.78 is 2.11. The van der Waals surface area contributed by atoms with Gasteiger partial charge in [0.05, 0.1) is 0 Å². The van der Waals surface area contributed by atoms with E-state index in [0.29, 0.717) is 0 Å². The second-order valence-electron chi connectivity index (χ2n) is 6.68. The zero-order valence-corrected chi connectivity index (χ0v) is 15.7. The van der Waals surface area contributed by atoms with Crippen LogP contribution in [-0.4, -0.2) is 10.5 Å². The Labute approximate surface area is 149 Å². The number of hydrogen-bond donors (Lipinski definition) is 1. The highest BCUT2D eigenvalue weighted by Gasteiger charge is 2.20. The van der Waals surface area contributed by atoms with Crippen LogP contribution in [0.2, 0.25) is 0 Å². The normalized spacial score (nSPS) is 11.1. The predicted octanol–water partition coefficient (Wildman–Crippen LogP) is 5.40. The molecule has 0 saturated carbocycles. The van der Waals surface area contributed by atoms with Crippen molar-refractivity contribution in [2.24, 2.45) is 0 Å². The first-order chi connectivity index (χ1) is 12.0. The van der Waals surface area contributed by atoms with Gasteiger partial charge in [0.2, 0.25) is 0 Å². The Morgan fingerprint density at radius 3 is 2.40 bits per heavy atom. The molecule has 0 radical (unpaired) electrons. The number of carbonyl (C=O) groups is 1. The van der Waals surface area contributed by atoms with E-state index in [9.17, 15) is 4.79 Å². The third-order valence-electron chi connectivity index (χ3n) is 5.09. The molecule has 0 saturated heterocycles. The van der Waals surface area contributed by atoms with E-state index in [4.69, 9.17) is 0 Å². The SMILES string of the molecule is CCc1ccc2c(c1)c(C)c(C(=O)Nc1ccc(C)c(C)c1)n2CC. The molecule has 0 bridgehead atoms. The third-order valence-corrected chi connectivity index (χ3v) is 5.09. The molecule has 1 aromatic heterocycles. The second kappa shape index (κ2) is 6.75. The highest BCUT2D eigenvalue weighted by Crippen LogP contribution is 2.28. The standard InChI is InChI=1S/C22H26N2O/c1-6-17-9-11-20-19(13-17)16(5)21(24(20)7-2)22(25)23-18-10-8-14(3)15(4)12-18/h8-13H,6-7H2,1-5H3,(H,23,25). The van der Waals surface area contributed by atoms with E-state index in [0.717, 1.165) is 35.4 Å². The van der Waals surface area contributed by atoms with Crippen molar-refractivity contribution in [1.82, 2.24) is 4.57 Å². The van der Waals surface area contributed by atoms with Gasteiger partial charge in [-0.1, -0.05) is 19.1 Å². The van der Waals surface area contributed by atoms with Crippen molar-refractivity contribution in [2.75, 3.05) is 5.32 Å². The number of nitrogens with zero attached hydrogens (tertiary/aromatic N) is 1. The highest BCUT2D eigenvalue weighted by molar-refractivity contribution is 6.08. The van der Waals surface area contributed by atoms with Gasteiger partial charge >= 0.3 is 0 Å². The Bertz CT molecular complexity index is 950. The van der Waals surface area contributed by atoms with Crippen LogP contribution in [-0.2, 0) is 13.0 Å². The maximum Gasteiger partial charge on any atom is 0.272 e. The Morgan fingerprint density at radius 1 is 1.00 bits per heavy atom. The predicted molar refractivity (Wildman–Crippen MR) is 106 cm³/mol. The first kappa shape index (κ1) is 17.3. The molecule has 25 heavy (non-hydrogen) atoms. The van der Waals surface area contributed by atoms with E-state index in [1.807, 2.05) is 25.1 Å². The van der Waals surface area contributed by atoms with Crippen LogP contribution in [0.3, 0.4) is 0 Å². The zero-order chi connectivity index (χ0) is 18.1. The number of anilines is 1. The van der Waals surface area contributed by atoms with Gasteiger partial charge in [-0.15, -0.1) is 0 Å². The molecule has 0 aliphatic carbocycles. The first-order valence-electron chi connectivity index (χ1n) is 8.96. The fourth-order valence-corrected chi connectivity index (χ4v) is 3.42. The Hall–Kier alpha value is -2.55. The number of hydrogen-bond acceptors (Lipinski definition) is 1. The van der Waals surface area contributed by atoms with Crippen LogP contribution in [0.5, 0.6) is 0 Å². The zero-order valence-electron chi connectivity index (χ0n) is 15.7. The molecule has 0 spiro atoms. The van der Waals surface area contributed by atoms with Gasteiger partial charge in [-0.2, -0.15) is 0 Å². The number of aryl methyl sites for hydroxylation is 5. The summed E-state index contributed by atoms with van der Waals surface area (Å²) in [7, 11) is 0. The smallest absolute Gasteiger partial charge is 0.272 e. The lowest BCUT2D eigenvalue weighted by Gasteiger charge is -2.11. The van der Waals surface area contributed by atoms with Gasteiger partial charge in [0.1, 0.15) is 5.69 Å².